The predicted octanol–water partition coefficient (Wildman–Crippen LogP) is 1.11. The van der Waals surface area contributed by atoms with E-state index in [1.54, 1.807) is 0 Å². The Balaban J connectivity index is 1.41. The van der Waals surface area contributed by atoms with Gasteiger partial charge in [0.15, 0.2) is 0 Å². The average Bonchev–Trinajstić information content (AvgIpc) is 2.79. The zero-order valence-electron chi connectivity index (χ0n) is 13.1. The van der Waals surface area contributed by atoms with Gasteiger partial charge in [0.25, 0.3) is 0 Å². The first-order valence-electron chi connectivity index (χ1n) is 8.22. The summed E-state index contributed by atoms with van der Waals surface area (Å²) in [7, 11) is -3.14. The Morgan fingerprint density at radius 1 is 1.24 bits per heavy atom. The third kappa shape index (κ3) is 3.14. The predicted molar refractivity (Wildman–Crippen MR) is 82.5 cm³/mol. The van der Waals surface area contributed by atoms with Crippen molar-refractivity contribution in [3.05, 3.63) is 0 Å². The van der Waals surface area contributed by atoms with Crippen molar-refractivity contribution >= 4 is 10.0 Å². The summed E-state index contributed by atoms with van der Waals surface area (Å²) >= 11 is 0. The zero-order chi connectivity index (χ0) is 15.1. The molecule has 2 N–H and O–H groups in total. The van der Waals surface area contributed by atoms with Crippen molar-refractivity contribution in [2.75, 3.05) is 25.4 Å². The van der Waals surface area contributed by atoms with Gasteiger partial charge in [0.1, 0.15) is 0 Å². The fourth-order valence-corrected chi connectivity index (χ4v) is 5.12. The minimum absolute atomic E-state index is 0.115. The van der Waals surface area contributed by atoms with Crippen LogP contribution in [0.2, 0.25) is 0 Å². The summed E-state index contributed by atoms with van der Waals surface area (Å²) in [5.74, 6) is 1.30. The smallest absolute Gasteiger partial charge is 0.212 e. The van der Waals surface area contributed by atoms with Gasteiger partial charge in [0.05, 0.1) is 11.9 Å². The van der Waals surface area contributed by atoms with E-state index >= 15 is 0 Å². The van der Waals surface area contributed by atoms with Gasteiger partial charge in [-0.3, -0.25) is 0 Å². The van der Waals surface area contributed by atoms with Gasteiger partial charge in [-0.25, -0.2) is 13.1 Å². The van der Waals surface area contributed by atoms with Crippen molar-refractivity contribution in [2.45, 2.75) is 51.7 Å². The highest BCUT2D eigenvalue weighted by molar-refractivity contribution is 7.89. The number of nitrogens with one attached hydrogen (secondary N) is 2. The summed E-state index contributed by atoms with van der Waals surface area (Å²) in [5.41, 5.74) is 0.115. The van der Waals surface area contributed by atoms with E-state index in [2.05, 4.69) is 23.9 Å². The highest BCUT2D eigenvalue weighted by Gasteiger charge is 2.58. The lowest BCUT2D eigenvalue weighted by Gasteiger charge is -2.55. The van der Waals surface area contributed by atoms with Crippen LogP contribution in [-0.2, 0) is 14.8 Å². The maximum atomic E-state index is 12.0. The Bertz CT molecular complexity index is 473. The van der Waals surface area contributed by atoms with Crippen molar-refractivity contribution in [3.63, 3.8) is 0 Å². The molecule has 1 aliphatic heterocycles. The quantitative estimate of drug-likeness (QED) is 0.738. The second kappa shape index (κ2) is 5.80. The SMILES string of the molecule is CC1(C)[C@H](NCCS(=O)(=O)NCC2CCC2)[C@@H]2CCO[C@H]21. The van der Waals surface area contributed by atoms with E-state index in [9.17, 15) is 8.42 Å². The second-order valence-electron chi connectivity index (χ2n) is 7.46. The minimum Gasteiger partial charge on any atom is -0.377 e. The van der Waals surface area contributed by atoms with Crippen LogP contribution in [0.5, 0.6) is 0 Å². The zero-order valence-corrected chi connectivity index (χ0v) is 13.9. The molecule has 2 aliphatic carbocycles. The number of sulfonamides is 1. The summed E-state index contributed by atoms with van der Waals surface area (Å²) in [6.07, 6.45) is 5.02. The molecule has 0 aromatic heterocycles. The Kier molecular flexibility index (Phi) is 4.34. The minimum atomic E-state index is -3.14. The van der Waals surface area contributed by atoms with E-state index in [0.717, 1.165) is 13.0 Å². The molecule has 0 radical (unpaired) electrons. The van der Waals surface area contributed by atoms with Gasteiger partial charge in [0.2, 0.25) is 10.0 Å². The van der Waals surface area contributed by atoms with Gasteiger partial charge < -0.3 is 10.1 Å². The molecule has 0 aromatic carbocycles. The lowest BCUT2D eigenvalue weighted by molar-refractivity contribution is -0.111. The second-order valence-corrected chi connectivity index (χ2v) is 9.39. The van der Waals surface area contributed by atoms with Crippen molar-refractivity contribution in [1.29, 1.82) is 0 Å². The van der Waals surface area contributed by atoms with Crippen LogP contribution in [-0.4, -0.2) is 46.0 Å². The highest BCUT2D eigenvalue weighted by Crippen LogP contribution is 2.51. The number of hydrogen-bond donors (Lipinski definition) is 2. The molecular weight excluding hydrogens is 288 g/mol. The fraction of sp³-hybridized carbons (Fsp3) is 1.00. The number of fused-ring (bicyclic) bond motifs is 1. The molecule has 6 heteroatoms. The van der Waals surface area contributed by atoms with Gasteiger partial charge in [0, 0.05) is 37.1 Å². The normalized spacial score (nSPS) is 35.0. The summed E-state index contributed by atoms with van der Waals surface area (Å²) in [5, 5.41) is 3.45. The number of rotatable bonds is 7. The fourth-order valence-electron chi connectivity index (χ4n) is 4.10. The van der Waals surface area contributed by atoms with Crippen LogP contribution in [0.4, 0.5) is 0 Å². The summed E-state index contributed by atoms with van der Waals surface area (Å²) in [6, 6.07) is 0.381. The lowest BCUT2D eigenvalue weighted by Crippen LogP contribution is -2.66. The molecule has 122 valence electrons. The monoisotopic (exact) mass is 316 g/mol. The van der Waals surface area contributed by atoms with Crippen molar-refractivity contribution in [3.8, 4) is 0 Å². The van der Waals surface area contributed by atoms with Crippen molar-refractivity contribution in [1.82, 2.24) is 10.0 Å². The largest absolute Gasteiger partial charge is 0.377 e. The molecular formula is C15H28N2O3S. The van der Waals surface area contributed by atoms with E-state index in [1.807, 2.05) is 0 Å². The molecule has 3 aliphatic rings. The maximum absolute atomic E-state index is 12.0. The van der Waals surface area contributed by atoms with E-state index in [-0.39, 0.29) is 11.2 Å². The van der Waals surface area contributed by atoms with Gasteiger partial charge in [-0.15, -0.1) is 0 Å². The first kappa shape index (κ1) is 15.7. The first-order chi connectivity index (χ1) is 9.90. The Morgan fingerprint density at radius 2 is 2.00 bits per heavy atom. The molecule has 1 heterocycles. The van der Waals surface area contributed by atoms with Crippen molar-refractivity contribution in [2.24, 2.45) is 17.3 Å². The molecule has 0 unspecified atom stereocenters. The lowest BCUT2D eigenvalue weighted by atomic mass is 9.57. The Labute approximate surface area is 128 Å². The van der Waals surface area contributed by atoms with Crippen LogP contribution in [0, 0.1) is 17.3 Å². The molecule has 0 amide bonds. The van der Waals surface area contributed by atoms with Gasteiger partial charge in [-0.1, -0.05) is 20.3 Å². The van der Waals surface area contributed by atoms with Gasteiger partial charge in [-0.2, -0.15) is 0 Å². The number of hydrogen-bond acceptors (Lipinski definition) is 4. The maximum Gasteiger partial charge on any atom is 0.212 e. The Hall–Kier alpha value is -0.170. The van der Waals surface area contributed by atoms with Crippen LogP contribution >= 0.6 is 0 Å². The van der Waals surface area contributed by atoms with E-state index in [0.29, 0.717) is 37.1 Å². The summed E-state index contributed by atoms with van der Waals surface area (Å²) in [4.78, 5) is 0. The molecule has 0 aromatic rings. The van der Waals surface area contributed by atoms with Crippen LogP contribution in [0.25, 0.3) is 0 Å². The Morgan fingerprint density at radius 3 is 2.67 bits per heavy atom. The number of ether oxygens (including phenoxy) is 1. The third-order valence-electron chi connectivity index (χ3n) is 5.65. The molecule has 0 spiro atoms. The molecule has 5 nitrogen and oxygen atoms in total. The molecule has 3 atom stereocenters. The van der Waals surface area contributed by atoms with Crippen LogP contribution in [0.15, 0.2) is 0 Å². The third-order valence-corrected chi connectivity index (χ3v) is 7.00. The van der Waals surface area contributed by atoms with Gasteiger partial charge in [-0.05, 0) is 25.2 Å². The highest BCUT2D eigenvalue weighted by atomic mass is 32.2. The summed E-state index contributed by atoms with van der Waals surface area (Å²) < 4.78 is 32.5. The van der Waals surface area contributed by atoms with E-state index in [1.165, 1.54) is 19.3 Å². The topological polar surface area (TPSA) is 67.4 Å². The van der Waals surface area contributed by atoms with Crippen LogP contribution in [0.1, 0.15) is 39.5 Å². The molecule has 0 bridgehead atoms. The van der Waals surface area contributed by atoms with E-state index in [4.69, 9.17) is 4.74 Å². The molecule has 3 rings (SSSR count). The molecule has 21 heavy (non-hydrogen) atoms. The molecule has 2 saturated carbocycles. The van der Waals surface area contributed by atoms with E-state index < -0.39 is 10.0 Å². The molecule has 3 fully saturated rings. The first-order valence-corrected chi connectivity index (χ1v) is 9.88. The van der Waals surface area contributed by atoms with Crippen LogP contribution in [0.3, 0.4) is 0 Å². The van der Waals surface area contributed by atoms with Gasteiger partial charge >= 0.3 is 0 Å². The standard InChI is InChI=1S/C15H28N2O3S/c1-15(2)13(12-6-8-20-14(12)15)16-7-9-21(18,19)17-10-11-4-3-5-11/h11-14,16-17H,3-10H2,1-2H3/t12-,13+,14+/m0/s1. The summed E-state index contributed by atoms with van der Waals surface area (Å²) in [6.45, 7) is 6.41. The average molecular weight is 316 g/mol. The van der Waals surface area contributed by atoms with Crippen molar-refractivity contribution < 1.29 is 13.2 Å². The van der Waals surface area contributed by atoms with Crippen LogP contribution < -0.4 is 10.0 Å². The molecule has 1 saturated heterocycles.